The summed E-state index contributed by atoms with van der Waals surface area (Å²) in [5, 5.41) is 11.3. The Bertz CT molecular complexity index is 1160. The second-order valence-electron chi connectivity index (χ2n) is 5.29. The molecule has 0 aromatic heterocycles. The summed E-state index contributed by atoms with van der Waals surface area (Å²) in [5.41, 5.74) is -0.796. The molecule has 4 heteroatoms. The van der Waals surface area contributed by atoms with Gasteiger partial charge in [-0.2, -0.15) is 0 Å². The van der Waals surface area contributed by atoms with Crippen LogP contribution >= 0.6 is 0 Å². The standard InChI is InChI=1S/C19H29NO3/c1-12(2)7-14-11-20-6-5-13-8-18(22-3)19(23-4)9-15(13)16(20)10-17(14)21/h8-9,12,14,16-17,21H,5-7,10-11H2,1-4H3/i1D3,4D3,7D2,8D,9D,10D2,12D,14D,16D,17D. The van der Waals surface area contributed by atoms with Crippen LogP contribution in [0.4, 0.5) is 0 Å². The van der Waals surface area contributed by atoms with Gasteiger partial charge in [-0.25, -0.2) is 0 Å². The Kier molecular flexibility index (Phi) is 1.72. The van der Waals surface area contributed by atoms with Gasteiger partial charge in [0.1, 0.15) is 0 Å². The average molecular weight is 336 g/mol. The molecule has 1 N–H and O–H groups in total. The molecular formula is C19H29NO3. The van der Waals surface area contributed by atoms with E-state index in [0.717, 1.165) is 12.0 Å². The summed E-state index contributed by atoms with van der Waals surface area (Å²) in [4.78, 5) is 0.835. The van der Waals surface area contributed by atoms with Crippen LogP contribution in [0.15, 0.2) is 12.1 Å². The van der Waals surface area contributed by atoms with Crippen LogP contribution in [0.25, 0.3) is 0 Å². The van der Waals surface area contributed by atoms with E-state index in [1.54, 1.807) is 0 Å². The number of aliphatic hydroxyl groups is 1. The number of nitrogens with zero attached hydrogens (tertiary/aromatic N) is 1. The Hall–Kier alpha value is -1.26. The number of rotatable bonds is 4. The summed E-state index contributed by atoms with van der Waals surface area (Å²) in [5.74, 6) is -7.78. The van der Waals surface area contributed by atoms with E-state index in [1.807, 2.05) is 0 Å². The second kappa shape index (κ2) is 6.70. The van der Waals surface area contributed by atoms with Crippen LogP contribution < -0.4 is 9.47 Å². The number of hydrogen-bond acceptors (Lipinski definition) is 4. The first kappa shape index (κ1) is 5.92. The van der Waals surface area contributed by atoms with E-state index in [0.29, 0.717) is 6.92 Å². The average Bonchev–Trinajstić information content (AvgIpc) is 2.75. The third-order valence-electron chi connectivity index (χ3n) is 3.71. The quantitative estimate of drug-likeness (QED) is 0.918. The maximum Gasteiger partial charge on any atom is 0.161 e. The van der Waals surface area contributed by atoms with Gasteiger partial charge in [0.15, 0.2) is 11.5 Å². The highest BCUT2D eigenvalue weighted by molar-refractivity contribution is 5.49. The first-order valence-electron chi connectivity index (χ1n) is 15.1. The van der Waals surface area contributed by atoms with Crippen molar-refractivity contribution in [3.63, 3.8) is 0 Å². The van der Waals surface area contributed by atoms with Gasteiger partial charge in [-0.05, 0) is 54.2 Å². The molecule has 128 valence electrons. The molecule has 0 radical (unpaired) electrons. The largest absolute Gasteiger partial charge is 0.493 e. The van der Waals surface area contributed by atoms with Crippen LogP contribution in [-0.4, -0.2) is 43.3 Å². The van der Waals surface area contributed by atoms with Crippen LogP contribution in [0.5, 0.6) is 11.5 Å². The Labute approximate surface area is 161 Å². The number of hydrogen-bond donors (Lipinski definition) is 1. The zero-order valence-electron chi connectivity index (χ0n) is 28.8. The van der Waals surface area contributed by atoms with E-state index in [1.165, 1.54) is 0 Å². The van der Waals surface area contributed by atoms with Gasteiger partial charge < -0.3 is 14.6 Å². The van der Waals surface area contributed by atoms with Crippen molar-refractivity contribution in [1.29, 1.82) is 0 Å². The van der Waals surface area contributed by atoms with Crippen LogP contribution in [0, 0.1) is 11.8 Å². The Morgan fingerprint density at radius 1 is 1.61 bits per heavy atom. The zero-order valence-corrected chi connectivity index (χ0v) is 12.8. The minimum Gasteiger partial charge on any atom is -0.493 e. The number of benzene rings is 1. The van der Waals surface area contributed by atoms with Crippen LogP contribution in [0.2, 0.25) is 0 Å². The van der Waals surface area contributed by atoms with E-state index in [9.17, 15) is 6.48 Å². The summed E-state index contributed by atoms with van der Waals surface area (Å²) in [7, 11) is -2.08. The first-order chi connectivity index (χ1) is 17.2. The molecule has 4 unspecified atom stereocenters. The molecule has 2 aliphatic heterocycles. The van der Waals surface area contributed by atoms with E-state index >= 15 is 0 Å². The van der Waals surface area contributed by atoms with Gasteiger partial charge in [0.05, 0.1) is 29.8 Å². The first-order valence-corrected chi connectivity index (χ1v) is 7.06. The van der Waals surface area contributed by atoms with Crippen molar-refractivity contribution in [2.45, 2.75) is 45.0 Å². The van der Waals surface area contributed by atoms with Gasteiger partial charge in [-0.1, -0.05) is 13.8 Å². The Morgan fingerprint density at radius 3 is 3.17 bits per heavy atom. The lowest BCUT2D eigenvalue weighted by atomic mass is 9.79. The molecule has 1 saturated heterocycles. The third-order valence-corrected chi connectivity index (χ3v) is 3.71. The van der Waals surface area contributed by atoms with E-state index in [2.05, 4.69) is 0 Å². The molecule has 3 rings (SSSR count). The van der Waals surface area contributed by atoms with Crippen molar-refractivity contribution in [2.24, 2.45) is 11.8 Å². The number of methoxy groups -OCH3 is 2. The second-order valence-corrected chi connectivity index (χ2v) is 5.29. The number of piperidine rings is 1. The van der Waals surface area contributed by atoms with Gasteiger partial charge in [-0.15, -0.1) is 0 Å². The van der Waals surface area contributed by atoms with Crippen LogP contribution in [0.3, 0.4) is 0 Å². The lowest BCUT2D eigenvalue weighted by molar-refractivity contribution is -0.0191. The summed E-state index contributed by atoms with van der Waals surface area (Å²) < 4.78 is 142. The molecule has 0 saturated carbocycles. The summed E-state index contributed by atoms with van der Waals surface area (Å²) >= 11 is 0. The molecule has 23 heavy (non-hydrogen) atoms. The number of ether oxygens (including phenoxy) is 2. The summed E-state index contributed by atoms with van der Waals surface area (Å²) in [6.45, 7) is -4.21. The molecule has 1 aromatic carbocycles. The molecule has 0 spiro atoms. The molecule has 1 aromatic rings. The summed E-state index contributed by atoms with van der Waals surface area (Å²) in [6.07, 6.45) is -11.4. The Balaban J connectivity index is 2.37. The van der Waals surface area contributed by atoms with Crippen molar-refractivity contribution in [2.75, 3.05) is 27.2 Å². The predicted octanol–water partition coefficient (Wildman–Crippen LogP) is 3.03. The molecule has 0 bridgehead atoms. The maximum absolute atomic E-state index is 11.3. The van der Waals surface area contributed by atoms with Crippen LogP contribution in [-0.2, 0) is 6.42 Å². The summed E-state index contributed by atoms with van der Waals surface area (Å²) in [6, 6.07) is -4.40. The molecule has 2 aliphatic rings. The maximum atomic E-state index is 11.3. The fraction of sp³-hybridized carbons (Fsp3) is 0.684. The molecule has 4 atom stereocenters. The van der Waals surface area contributed by atoms with E-state index < -0.39 is 86.2 Å². The van der Waals surface area contributed by atoms with Crippen LogP contribution in [0.1, 0.15) is 65.6 Å². The van der Waals surface area contributed by atoms with Gasteiger partial charge in [0, 0.05) is 31.4 Å². The van der Waals surface area contributed by atoms with Crippen molar-refractivity contribution < 1.29 is 36.5 Å². The highest BCUT2D eigenvalue weighted by Gasteiger charge is 2.38. The minimum atomic E-state index is -3.91. The molecule has 0 amide bonds. The molecular weight excluding hydrogens is 290 g/mol. The van der Waals surface area contributed by atoms with Gasteiger partial charge >= 0.3 is 0 Å². The van der Waals surface area contributed by atoms with Gasteiger partial charge in [-0.3, -0.25) is 4.90 Å². The van der Waals surface area contributed by atoms with Crippen molar-refractivity contribution in [3.8, 4) is 11.5 Å². The SMILES string of the molecule is [2H]c1c2c(c([2H])c(OC([2H])([2H])[2H])c1OC)C1([2H])N(CC2)CC([2H])(C([2H])([2H])C([2H])(C)C([2H])([2H])[2H])C([2H])(O)C1([2H])[2H]. The third kappa shape index (κ3) is 3.20. The molecule has 4 nitrogen and oxygen atoms in total. The lowest BCUT2D eigenvalue weighted by Gasteiger charge is -2.46. The highest BCUT2D eigenvalue weighted by atomic mass is 16.5. The van der Waals surface area contributed by atoms with Crippen molar-refractivity contribution >= 4 is 0 Å². The van der Waals surface area contributed by atoms with E-state index in [4.69, 9.17) is 30.0 Å². The smallest absolute Gasteiger partial charge is 0.161 e. The van der Waals surface area contributed by atoms with E-state index in [-0.39, 0.29) is 18.5 Å². The molecule has 0 aliphatic carbocycles. The monoisotopic (exact) mass is 335 g/mol. The fourth-order valence-corrected chi connectivity index (χ4v) is 2.70. The zero-order chi connectivity index (χ0) is 30.6. The van der Waals surface area contributed by atoms with Crippen molar-refractivity contribution in [3.05, 3.63) is 23.2 Å². The molecule has 2 heterocycles. The minimum absolute atomic E-state index is 0.144. The number of fused-ring (bicyclic) bond motifs is 3. The highest BCUT2D eigenvalue weighted by Crippen LogP contribution is 2.43. The van der Waals surface area contributed by atoms with Gasteiger partial charge in [0.25, 0.3) is 0 Å². The lowest BCUT2D eigenvalue weighted by Crippen LogP contribution is -2.48. The topological polar surface area (TPSA) is 41.9 Å². The van der Waals surface area contributed by atoms with Crippen molar-refractivity contribution in [1.82, 2.24) is 4.90 Å². The van der Waals surface area contributed by atoms with Gasteiger partial charge in [0.2, 0.25) is 0 Å². The normalized spacial score (nSPS) is 53.7. The molecule has 1 fully saturated rings. The predicted molar refractivity (Wildman–Crippen MR) is 91.1 cm³/mol. The Morgan fingerprint density at radius 2 is 2.43 bits per heavy atom. The fourth-order valence-electron chi connectivity index (χ4n) is 2.70.